The van der Waals surface area contributed by atoms with Gasteiger partial charge in [-0.05, 0) is 75.3 Å². The first-order valence-corrected chi connectivity index (χ1v) is 15.9. The minimum atomic E-state index is -4.82. The molecule has 2 saturated heterocycles. The van der Waals surface area contributed by atoms with E-state index in [0.717, 1.165) is 60.5 Å². The molecule has 3 fully saturated rings. The number of fused-ring (bicyclic) bond motifs is 2. The predicted octanol–water partition coefficient (Wildman–Crippen LogP) is 8.05. The number of hydrogen-bond acceptors (Lipinski definition) is 9. The molecule has 236 valence electrons. The number of hydrogen-bond donors (Lipinski definition) is 0. The van der Waals surface area contributed by atoms with E-state index in [1.165, 1.54) is 19.2 Å². The molecule has 2 aliphatic heterocycles. The van der Waals surface area contributed by atoms with Gasteiger partial charge in [0.2, 0.25) is 0 Å². The van der Waals surface area contributed by atoms with Gasteiger partial charge >= 0.3 is 12.3 Å². The number of aromatic nitrogens is 2. The molecule has 2 aromatic carbocycles. The van der Waals surface area contributed by atoms with Crippen molar-refractivity contribution in [2.45, 2.75) is 82.5 Å². The Morgan fingerprint density at radius 1 is 1.07 bits per heavy atom. The Labute approximate surface area is 262 Å². The number of carbonyl (C=O) groups is 1. The van der Waals surface area contributed by atoms with Gasteiger partial charge in [0, 0.05) is 40.1 Å². The third kappa shape index (κ3) is 6.05. The van der Waals surface area contributed by atoms with Crippen molar-refractivity contribution in [3.05, 3.63) is 70.3 Å². The zero-order chi connectivity index (χ0) is 31.3. The summed E-state index contributed by atoms with van der Waals surface area (Å²) in [6.45, 7) is 2.17. The highest BCUT2D eigenvalue weighted by atomic mass is 32.1. The van der Waals surface area contributed by atoms with Gasteiger partial charge in [0.25, 0.3) is 0 Å². The number of rotatable bonds is 9. The fourth-order valence-electron chi connectivity index (χ4n) is 6.69. The van der Waals surface area contributed by atoms with Crippen LogP contribution in [0.4, 0.5) is 18.3 Å². The van der Waals surface area contributed by atoms with Crippen LogP contribution >= 0.6 is 11.3 Å². The van der Waals surface area contributed by atoms with Crippen molar-refractivity contribution in [3.8, 4) is 28.3 Å². The molecule has 2 bridgehead atoms. The summed E-state index contributed by atoms with van der Waals surface area (Å²) in [6, 6.07) is 12.1. The molecule has 8 nitrogen and oxygen atoms in total. The van der Waals surface area contributed by atoms with Crippen LogP contribution < -0.4 is 9.64 Å². The summed E-state index contributed by atoms with van der Waals surface area (Å²) in [7, 11) is 1.37. The molecule has 4 heterocycles. The van der Waals surface area contributed by atoms with E-state index in [2.05, 4.69) is 20.2 Å². The van der Waals surface area contributed by atoms with Crippen LogP contribution in [-0.4, -0.2) is 47.8 Å². The number of halogens is 3. The van der Waals surface area contributed by atoms with Gasteiger partial charge in [-0.2, -0.15) is 0 Å². The Hall–Kier alpha value is -3.90. The average Bonchev–Trinajstić information content (AvgIpc) is 3.48. The molecule has 12 heteroatoms. The first kappa shape index (κ1) is 29.8. The number of para-hydroxylation sites is 1. The lowest BCUT2D eigenvalue weighted by Gasteiger charge is -2.38. The highest BCUT2D eigenvalue weighted by Gasteiger charge is 2.43. The molecule has 7 rings (SSSR count). The van der Waals surface area contributed by atoms with Gasteiger partial charge in [-0.3, -0.25) is 0 Å². The minimum absolute atomic E-state index is 0.0113. The van der Waals surface area contributed by atoms with Crippen molar-refractivity contribution in [2.75, 3.05) is 12.0 Å². The van der Waals surface area contributed by atoms with Gasteiger partial charge in [-0.25, -0.2) is 9.78 Å². The molecule has 0 N–H and O–H groups in total. The number of benzene rings is 2. The molecule has 4 aromatic rings. The largest absolute Gasteiger partial charge is 0.573 e. The summed E-state index contributed by atoms with van der Waals surface area (Å²) >= 11 is 1.62. The summed E-state index contributed by atoms with van der Waals surface area (Å²) in [5.41, 5.74) is 4.59. The lowest BCUT2D eigenvalue weighted by atomic mass is 9.99. The van der Waals surface area contributed by atoms with Crippen molar-refractivity contribution in [2.24, 2.45) is 0 Å². The predicted molar refractivity (Wildman–Crippen MR) is 161 cm³/mol. The van der Waals surface area contributed by atoms with E-state index in [0.29, 0.717) is 22.6 Å². The van der Waals surface area contributed by atoms with Gasteiger partial charge in [0.15, 0.2) is 5.13 Å². The highest BCUT2D eigenvalue weighted by molar-refractivity contribution is 7.14. The van der Waals surface area contributed by atoms with E-state index < -0.39 is 6.36 Å². The Bertz CT molecular complexity index is 1700. The molecular formula is C33H32F3N3O5S. The smallest absolute Gasteiger partial charge is 0.465 e. The molecule has 45 heavy (non-hydrogen) atoms. The van der Waals surface area contributed by atoms with Gasteiger partial charge in [-0.15, -0.1) is 24.5 Å². The summed E-state index contributed by atoms with van der Waals surface area (Å²) < 4.78 is 60.8. The molecule has 1 aliphatic carbocycles. The third-order valence-corrected chi connectivity index (χ3v) is 9.78. The molecule has 3 atom stereocenters. The number of aryl methyl sites for hydroxylation is 1. The molecule has 1 saturated carbocycles. The van der Waals surface area contributed by atoms with Crippen LogP contribution in [0.3, 0.4) is 0 Å². The van der Waals surface area contributed by atoms with Crippen LogP contribution in [-0.2, 0) is 16.1 Å². The molecule has 0 radical (unpaired) electrons. The van der Waals surface area contributed by atoms with Crippen LogP contribution in [0, 0.1) is 6.92 Å². The summed E-state index contributed by atoms with van der Waals surface area (Å²) in [5, 5.41) is 7.24. The Balaban J connectivity index is 1.06. The van der Waals surface area contributed by atoms with E-state index in [-0.39, 0.29) is 48.0 Å². The van der Waals surface area contributed by atoms with Crippen molar-refractivity contribution in [3.63, 3.8) is 0 Å². The van der Waals surface area contributed by atoms with Crippen molar-refractivity contribution < 1.29 is 36.7 Å². The first-order valence-electron chi connectivity index (χ1n) is 15.1. The fraction of sp³-hybridized carbons (Fsp3) is 0.424. The number of nitrogens with zero attached hydrogens (tertiary/aromatic N) is 3. The standard InChI is InChI=1S/C33H32F3N3O5S/c1-18-13-20(31(40)41-2)9-12-24(18)27-17-45-32(37-27)39-21-10-11-22(39)15-23(14-21)42-16-26-29(38-44-30(26)19-7-8-19)25-5-3-4-6-28(25)43-33(34,35)36/h3-6,9,12-13,17,19,21-23H,7-8,10-11,14-16H2,1-2H3/t21-,22?,23?/m1/s1. The molecule has 0 amide bonds. The molecule has 2 unspecified atom stereocenters. The van der Waals surface area contributed by atoms with Crippen molar-refractivity contribution in [1.82, 2.24) is 10.1 Å². The second-order valence-corrected chi connectivity index (χ2v) is 12.8. The van der Waals surface area contributed by atoms with Crippen LogP contribution in [0.1, 0.15) is 71.7 Å². The maximum absolute atomic E-state index is 13.2. The highest BCUT2D eigenvalue weighted by Crippen LogP contribution is 2.47. The summed E-state index contributed by atoms with van der Waals surface area (Å²) in [5.74, 6) is 0.218. The molecule has 3 aliphatic rings. The number of esters is 1. The van der Waals surface area contributed by atoms with Gasteiger partial charge in [-0.1, -0.05) is 23.4 Å². The number of carbonyl (C=O) groups excluding carboxylic acids is 1. The minimum Gasteiger partial charge on any atom is -0.465 e. The lowest BCUT2D eigenvalue weighted by molar-refractivity contribution is -0.274. The van der Waals surface area contributed by atoms with E-state index in [1.54, 1.807) is 29.5 Å². The number of ether oxygens (including phenoxy) is 3. The number of anilines is 1. The number of piperidine rings is 1. The topological polar surface area (TPSA) is 86.9 Å². The van der Waals surface area contributed by atoms with Crippen LogP contribution in [0.5, 0.6) is 5.75 Å². The maximum Gasteiger partial charge on any atom is 0.573 e. The summed E-state index contributed by atoms with van der Waals surface area (Å²) in [4.78, 5) is 19.4. The van der Waals surface area contributed by atoms with Crippen LogP contribution in [0.25, 0.3) is 22.5 Å². The van der Waals surface area contributed by atoms with Gasteiger partial charge in [0.1, 0.15) is 17.2 Å². The molecule has 0 spiro atoms. The van der Waals surface area contributed by atoms with E-state index >= 15 is 0 Å². The second kappa shape index (κ2) is 11.8. The van der Waals surface area contributed by atoms with Gasteiger partial charge < -0.3 is 23.6 Å². The zero-order valence-corrected chi connectivity index (χ0v) is 25.6. The van der Waals surface area contributed by atoms with Crippen molar-refractivity contribution in [1.29, 1.82) is 0 Å². The van der Waals surface area contributed by atoms with Gasteiger partial charge in [0.05, 0.1) is 31.1 Å². The fourth-order valence-corrected chi connectivity index (χ4v) is 7.66. The Kier molecular flexibility index (Phi) is 7.81. The molecule has 2 aromatic heterocycles. The average molecular weight is 640 g/mol. The second-order valence-electron chi connectivity index (χ2n) is 11.9. The quantitative estimate of drug-likeness (QED) is 0.170. The van der Waals surface area contributed by atoms with E-state index in [4.69, 9.17) is 19.0 Å². The molecular weight excluding hydrogens is 607 g/mol. The Morgan fingerprint density at radius 3 is 2.51 bits per heavy atom. The van der Waals surface area contributed by atoms with E-state index in [1.807, 2.05) is 19.1 Å². The third-order valence-electron chi connectivity index (χ3n) is 8.92. The zero-order valence-electron chi connectivity index (χ0n) is 24.8. The number of methoxy groups -OCH3 is 1. The lowest BCUT2D eigenvalue weighted by Crippen LogP contribution is -2.45. The monoisotopic (exact) mass is 639 g/mol. The number of alkyl halides is 3. The van der Waals surface area contributed by atoms with Crippen molar-refractivity contribution >= 4 is 22.4 Å². The Morgan fingerprint density at radius 2 is 1.82 bits per heavy atom. The SMILES string of the molecule is COC(=O)c1ccc(-c2csc(N3C4CC[C@@H]3CC(OCc3c(-c5ccccc5OC(F)(F)F)noc3C3CC3)C4)n2)c(C)c1. The number of thiazole rings is 1. The van der Waals surface area contributed by atoms with Crippen LogP contribution in [0.15, 0.2) is 52.4 Å². The maximum atomic E-state index is 13.2. The van der Waals surface area contributed by atoms with E-state index in [9.17, 15) is 18.0 Å². The normalized spacial score (nSPS) is 21.3. The van der Waals surface area contributed by atoms with Crippen LogP contribution in [0.2, 0.25) is 0 Å². The first-order chi connectivity index (χ1) is 21.7. The summed E-state index contributed by atoms with van der Waals surface area (Å²) in [6.07, 6.45) is 0.806.